The van der Waals surface area contributed by atoms with Crippen molar-refractivity contribution in [3.8, 4) is 5.75 Å². The molecule has 124 valence electrons. The van der Waals surface area contributed by atoms with Gasteiger partial charge in [-0.3, -0.25) is 14.7 Å². The largest absolute Gasteiger partial charge is 0.496 e. The van der Waals surface area contributed by atoms with E-state index in [1.54, 1.807) is 33.5 Å². The first kappa shape index (κ1) is 18.4. The zero-order valence-corrected chi connectivity index (χ0v) is 14.2. The highest BCUT2D eigenvalue weighted by atomic mass is 16.5. The van der Waals surface area contributed by atoms with Crippen LogP contribution < -0.4 is 10.1 Å². The first-order valence-electron chi connectivity index (χ1n) is 7.64. The molecule has 0 aromatic carbocycles. The highest BCUT2D eigenvalue weighted by Crippen LogP contribution is 2.24. The lowest BCUT2D eigenvalue weighted by molar-refractivity contribution is 0.0288. The van der Waals surface area contributed by atoms with Crippen LogP contribution in [0.4, 0.5) is 0 Å². The Hall–Kier alpha value is -1.66. The minimum absolute atomic E-state index is 0.209. The van der Waals surface area contributed by atoms with Gasteiger partial charge >= 0.3 is 0 Å². The van der Waals surface area contributed by atoms with Gasteiger partial charge in [-0.05, 0) is 0 Å². The highest BCUT2D eigenvalue weighted by molar-refractivity contribution is 5.92. The Morgan fingerprint density at radius 1 is 1.41 bits per heavy atom. The lowest BCUT2D eigenvalue weighted by atomic mass is 10.0. The van der Waals surface area contributed by atoms with E-state index < -0.39 is 0 Å². The molecule has 6 nitrogen and oxygen atoms in total. The maximum Gasteiger partial charge on any atom is 0.269 e. The van der Waals surface area contributed by atoms with Gasteiger partial charge in [-0.1, -0.05) is 13.8 Å². The fraction of sp³-hybridized carbons (Fsp3) is 0.625. The van der Waals surface area contributed by atoms with E-state index in [2.05, 4.69) is 15.2 Å². The summed E-state index contributed by atoms with van der Waals surface area (Å²) in [4.78, 5) is 18.0. The summed E-state index contributed by atoms with van der Waals surface area (Å²) in [6, 6.07) is 1.68. The molecule has 1 N–H and O–H groups in total. The van der Waals surface area contributed by atoms with Crippen molar-refractivity contribution in [1.29, 1.82) is 0 Å². The Kier molecular flexibility index (Phi) is 7.84. The number of ether oxygens (including phenoxy) is 2. The van der Waals surface area contributed by atoms with Crippen LogP contribution in [0.1, 0.15) is 29.9 Å². The second-order valence-corrected chi connectivity index (χ2v) is 4.98. The fourth-order valence-electron chi connectivity index (χ4n) is 2.41. The Morgan fingerprint density at radius 3 is 2.64 bits per heavy atom. The second-order valence-electron chi connectivity index (χ2n) is 4.98. The standard InChI is InChI=1S/C14H21N3O3.C2H6/c1-15-14(18)12-4-13(20-3)11(5-16-12)8-17-6-10(7-17)9-19-2;1-2/h4-5,10H,6-9H2,1-3H3,(H,15,18);1-2H3. The van der Waals surface area contributed by atoms with E-state index in [0.29, 0.717) is 17.4 Å². The molecule has 1 amide bonds. The molecule has 0 atom stereocenters. The van der Waals surface area contributed by atoms with Crippen LogP contribution >= 0.6 is 0 Å². The molecule has 6 heteroatoms. The first-order chi connectivity index (χ1) is 10.7. The third-order valence-electron chi connectivity index (χ3n) is 3.45. The van der Waals surface area contributed by atoms with Gasteiger partial charge in [-0.2, -0.15) is 0 Å². The molecule has 0 bridgehead atoms. The van der Waals surface area contributed by atoms with Crippen LogP contribution in [0.5, 0.6) is 5.75 Å². The van der Waals surface area contributed by atoms with E-state index >= 15 is 0 Å². The number of rotatable bonds is 6. The fourth-order valence-corrected chi connectivity index (χ4v) is 2.41. The summed E-state index contributed by atoms with van der Waals surface area (Å²) in [6.07, 6.45) is 1.72. The van der Waals surface area contributed by atoms with E-state index in [-0.39, 0.29) is 5.91 Å². The van der Waals surface area contributed by atoms with Gasteiger partial charge in [-0.15, -0.1) is 0 Å². The lowest BCUT2D eigenvalue weighted by Gasteiger charge is -2.39. The van der Waals surface area contributed by atoms with Crippen molar-refractivity contribution < 1.29 is 14.3 Å². The van der Waals surface area contributed by atoms with Gasteiger partial charge in [0, 0.05) is 57.5 Å². The monoisotopic (exact) mass is 309 g/mol. The summed E-state index contributed by atoms with van der Waals surface area (Å²) >= 11 is 0. The minimum Gasteiger partial charge on any atom is -0.496 e. The van der Waals surface area contributed by atoms with Gasteiger partial charge in [0.25, 0.3) is 5.91 Å². The molecule has 0 radical (unpaired) electrons. The topological polar surface area (TPSA) is 63.7 Å². The SMILES string of the molecule is CC.CNC(=O)c1cc(OC)c(CN2CC(COC)C2)cn1. The van der Waals surface area contributed by atoms with Crippen LogP contribution in [0.2, 0.25) is 0 Å². The number of hydrogen-bond acceptors (Lipinski definition) is 5. The molecular weight excluding hydrogens is 282 g/mol. The highest BCUT2D eigenvalue weighted by Gasteiger charge is 2.27. The second kappa shape index (κ2) is 9.38. The predicted octanol–water partition coefficient (Wildman–Crippen LogP) is 1.55. The van der Waals surface area contributed by atoms with Crippen molar-refractivity contribution in [2.75, 3.05) is 41.0 Å². The van der Waals surface area contributed by atoms with E-state index in [1.165, 1.54) is 0 Å². The number of carbonyl (C=O) groups is 1. The summed E-state index contributed by atoms with van der Waals surface area (Å²) in [5.74, 6) is 1.11. The zero-order valence-electron chi connectivity index (χ0n) is 14.2. The van der Waals surface area contributed by atoms with Gasteiger partial charge in [0.05, 0.1) is 13.7 Å². The number of nitrogens with zero attached hydrogens (tertiary/aromatic N) is 2. The Morgan fingerprint density at radius 2 is 2.09 bits per heavy atom. The van der Waals surface area contributed by atoms with E-state index in [9.17, 15) is 4.79 Å². The van der Waals surface area contributed by atoms with Gasteiger partial charge in [-0.25, -0.2) is 0 Å². The Balaban J connectivity index is 0.00000116. The van der Waals surface area contributed by atoms with Crippen molar-refractivity contribution in [2.45, 2.75) is 20.4 Å². The van der Waals surface area contributed by atoms with Crippen LogP contribution in [-0.4, -0.2) is 56.8 Å². The van der Waals surface area contributed by atoms with Crippen LogP contribution in [0.15, 0.2) is 12.3 Å². The lowest BCUT2D eigenvalue weighted by Crippen LogP contribution is -2.47. The molecule has 1 aliphatic heterocycles. The minimum atomic E-state index is -0.209. The normalized spacial score (nSPS) is 14.6. The van der Waals surface area contributed by atoms with Crippen molar-refractivity contribution in [2.24, 2.45) is 5.92 Å². The molecule has 2 rings (SSSR count). The molecule has 1 aromatic heterocycles. The number of carbonyl (C=O) groups excluding carboxylic acids is 1. The number of amides is 1. The maximum atomic E-state index is 11.5. The molecule has 0 saturated carbocycles. The van der Waals surface area contributed by atoms with Gasteiger partial charge in [0.2, 0.25) is 0 Å². The Labute approximate surface area is 132 Å². The van der Waals surface area contributed by atoms with E-state index in [1.807, 2.05) is 13.8 Å². The number of aromatic nitrogens is 1. The summed E-state index contributed by atoms with van der Waals surface area (Å²) in [7, 11) is 4.92. The molecule has 1 aliphatic rings. The van der Waals surface area contributed by atoms with Gasteiger partial charge in [0.15, 0.2) is 0 Å². The summed E-state index contributed by atoms with van der Waals surface area (Å²) < 4.78 is 10.5. The van der Waals surface area contributed by atoms with E-state index in [0.717, 1.165) is 31.8 Å². The number of methoxy groups -OCH3 is 2. The average Bonchev–Trinajstić information content (AvgIpc) is 2.54. The first-order valence-corrected chi connectivity index (χ1v) is 7.64. The van der Waals surface area contributed by atoms with Crippen LogP contribution in [0, 0.1) is 5.92 Å². The molecule has 1 fully saturated rings. The Bertz CT molecular complexity index is 474. The molecule has 1 aromatic rings. The molecule has 0 aliphatic carbocycles. The molecular formula is C16H27N3O3. The van der Waals surface area contributed by atoms with Crippen LogP contribution in [0.3, 0.4) is 0 Å². The summed E-state index contributed by atoms with van der Waals surface area (Å²) in [5.41, 5.74) is 1.37. The van der Waals surface area contributed by atoms with Crippen LogP contribution in [-0.2, 0) is 11.3 Å². The summed E-state index contributed by atoms with van der Waals surface area (Å²) in [6.45, 7) is 7.63. The third kappa shape index (κ3) is 4.68. The maximum absolute atomic E-state index is 11.5. The zero-order chi connectivity index (χ0) is 16.5. The van der Waals surface area contributed by atoms with Crippen molar-refractivity contribution >= 4 is 5.91 Å². The van der Waals surface area contributed by atoms with Gasteiger partial charge in [0.1, 0.15) is 11.4 Å². The van der Waals surface area contributed by atoms with Crippen molar-refractivity contribution in [1.82, 2.24) is 15.2 Å². The molecule has 0 unspecified atom stereocenters. The smallest absolute Gasteiger partial charge is 0.269 e. The average molecular weight is 309 g/mol. The third-order valence-corrected chi connectivity index (χ3v) is 3.45. The molecule has 22 heavy (non-hydrogen) atoms. The number of pyridine rings is 1. The summed E-state index contributed by atoms with van der Waals surface area (Å²) in [5, 5.41) is 2.55. The number of nitrogens with one attached hydrogen (secondary N) is 1. The van der Waals surface area contributed by atoms with E-state index in [4.69, 9.17) is 9.47 Å². The quantitative estimate of drug-likeness (QED) is 0.864. The van der Waals surface area contributed by atoms with Crippen molar-refractivity contribution in [3.05, 3.63) is 23.5 Å². The molecule has 2 heterocycles. The molecule has 0 spiro atoms. The predicted molar refractivity (Wildman–Crippen MR) is 86.2 cm³/mol. The number of hydrogen-bond donors (Lipinski definition) is 1. The molecule has 1 saturated heterocycles. The van der Waals surface area contributed by atoms with Crippen molar-refractivity contribution in [3.63, 3.8) is 0 Å². The number of likely N-dealkylation sites (tertiary alicyclic amines) is 1. The van der Waals surface area contributed by atoms with Gasteiger partial charge < -0.3 is 14.8 Å². The van der Waals surface area contributed by atoms with Crippen LogP contribution in [0.25, 0.3) is 0 Å².